The van der Waals surface area contributed by atoms with Gasteiger partial charge in [0.2, 0.25) is 0 Å². The van der Waals surface area contributed by atoms with E-state index in [0.29, 0.717) is 0 Å². The lowest BCUT2D eigenvalue weighted by Crippen LogP contribution is -2.07. The van der Waals surface area contributed by atoms with E-state index in [1.165, 1.54) is 37.7 Å². The highest BCUT2D eigenvalue weighted by Gasteiger charge is 2.20. The van der Waals surface area contributed by atoms with Crippen LogP contribution in [0.3, 0.4) is 0 Å². The molecule has 1 aliphatic heterocycles. The van der Waals surface area contributed by atoms with Gasteiger partial charge in [0, 0.05) is 28.9 Å². The van der Waals surface area contributed by atoms with Gasteiger partial charge >= 0.3 is 0 Å². The first-order chi connectivity index (χ1) is 11.3. The molecule has 3 aromatic carbocycles. The highest BCUT2D eigenvalue weighted by molar-refractivity contribution is 7.99. The Hall–Kier alpha value is -2.19. The van der Waals surface area contributed by atoms with Crippen molar-refractivity contribution >= 4 is 17.4 Å². The Morgan fingerprint density at radius 1 is 0.870 bits per heavy atom. The monoisotopic (exact) mass is 317 g/mol. The molecule has 4 rings (SSSR count). The lowest BCUT2D eigenvalue weighted by molar-refractivity contribution is 1.04. The second-order valence-corrected chi connectivity index (χ2v) is 6.96. The molecular formula is C21H19NS. The molecule has 0 unspecified atom stereocenters. The second-order valence-electron chi connectivity index (χ2n) is 5.88. The Kier molecular flexibility index (Phi) is 3.84. The molecule has 3 aromatic rings. The van der Waals surface area contributed by atoms with Crippen LogP contribution in [0.25, 0.3) is 0 Å². The fourth-order valence-corrected chi connectivity index (χ4v) is 4.37. The molecule has 1 heterocycles. The van der Waals surface area contributed by atoms with Crippen LogP contribution >= 0.6 is 11.8 Å². The number of hydrogen-bond donors (Lipinski definition) is 1. The zero-order chi connectivity index (χ0) is 15.6. The minimum atomic E-state index is 0.969. The third-order valence-corrected chi connectivity index (χ3v) is 5.62. The number of anilines is 1. The van der Waals surface area contributed by atoms with Crippen molar-refractivity contribution in [2.24, 2.45) is 0 Å². The Balaban J connectivity index is 1.74. The zero-order valence-corrected chi connectivity index (χ0v) is 14.0. The first-order valence-corrected chi connectivity index (χ1v) is 8.79. The first kappa shape index (κ1) is 14.4. The Bertz CT molecular complexity index is 840. The summed E-state index contributed by atoms with van der Waals surface area (Å²) in [6, 6.07) is 24.0. The third-order valence-electron chi connectivity index (χ3n) is 4.40. The van der Waals surface area contributed by atoms with E-state index in [4.69, 9.17) is 0 Å². The summed E-state index contributed by atoms with van der Waals surface area (Å²) in [5.41, 5.74) is 6.89. The molecule has 23 heavy (non-hydrogen) atoms. The predicted molar refractivity (Wildman–Crippen MR) is 98.6 cm³/mol. The average Bonchev–Trinajstić information content (AvgIpc) is 2.61. The van der Waals surface area contributed by atoms with Gasteiger partial charge in [0.05, 0.1) is 0 Å². The van der Waals surface area contributed by atoms with Gasteiger partial charge in [0.15, 0.2) is 0 Å². The fourth-order valence-electron chi connectivity index (χ4n) is 3.28. The van der Waals surface area contributed by atoms with Crippen LogP contribution in [-0.2, 0) is 12.8 Å². The molecule has 114 valence electrons. The van der Waals surface area contributed by atoms with Crippen molar-refractivity contribution in [1.82, 2.24) is 0 Å². The van der Waals surface area contributed by atoms with E-state index in [0.717, 1.165) is 12.8 Å². The van der Waals surface area contributed by atoms with Crippen molar-refractivity contribution in [3.8, 4) is 0 Å². The van der Waals surface area contributed by atoms with Crippen molar-refractivity contribution in [3.05, 3.63) is 89.0 Å². The predicted octanol–water partition coefficient (Wildman–Crippen LogP) is 5.37. The van der Waals surface area contributed by atoms with Crippen molar-refractivity contribution < 1.29 is 0 Å². The minimum Gasteiger partial charge on any atom is -0.388 e. The third kappa shape index (κ3) is 2.75. The van der Waals surface area contributed by atoms with Gasteiger partial charge in [-0.15, -0.1) is 0 Å². The quantitative estimate of drug-likeness (QED) is 0.545. The molecule has 2 heteroatoms. The summed E-state index contributed by atoms with van der Waals surface area (Å²) < 4.78 is 0. The van der Waals surface area contributed by atoms with Crippen LogP contribution in [0.1, 0.15) is 22.3 Å². The van der Waals surface area contributed by atoms with Gasteiger partial charge in [-0.25, -0.2) is 0 Å². The van der Waals surface area contributed by atoms with Crippen molar-refractivity contribution in [2.75, 3.05) is 12.4 Å². The lowest BCUT2D eigenvalue weighted by atomic mass is 9.96. The van der Waals surface area contributed by atoms with E-state index >= 15 is 0 Å². The summed E-state index contributed by atoms with van der Waals surface area (Å²) in [5, 5.41) is 3.46. The summed E-state index contributed by atoms with van der Waals surface area (Å²) in [7, 11) is 2.04. The summed E-state index contributed by atoms with van der Waals surface area (Å²) in [6.45, 7) is 0. The van der Waals surface area contributed by atoms with Crippen LogP contribution in [0, 0.1) is 0 Å². The molecule has 0 spiro atoms. The van der Waals surface area contributed by atoms with Crippen molar-refractivity contribution in [2.45, 2.75) is 22.6 Å². The van der Waals surface area contributed by atoms with Gasteiger partial charge in [0.1, 0.15) is 0 Å². The molecular weight excluding hydrogens is 298 g/mol. The van der Waals surface area contributed by atoms with Gasteiger partial charge in [-0.1, -0.05) is 66.4 Å². The SMILES string of the molecule is CNc1c(Cc2ccccc2)ccc2c1Cc1ccccc1S2. The Morgan fingerprint density at radius 2 is 1.65 bits per heavy atom. The van der Waals surface area contributed by atoms with E-state index in [-0.39, 0.29) is 0 Å². The van der Waals surface area contributed by atoms with Crippen LogP contribution in [0.15, 0.2) is 76.5 Å². The molecule has 0 aliphatic carbocycles. The summed E-state index contributed by atoms with van der Waals surface area (Å²) in [6.07, 6.45) is 1.98. The van der Waals surface area contributed by atoms with Crippen LogP contribution in [0.2, 0.25) is 0 Å². The number of rotatable bonds is 3. The maximum atomic E-state index is 3.46. The van der Waals surface area contributed by atoms with Crippen LogP contribution in [-0.4, -0.2) is 7.05 Å². The smallest absolute Gasteiger partial charge is 0.0420 e. The van der Waals surface area contributed by atoms with Gasteiger partial charge in [-0.2, -0.15) is 0 Å². The summed E-state index contributed by atoms with van der Waals surface area (Å²) in [4.78, 5) is 2.77. The fraction of sp³-hybridized carbons (Fsp3) is 0.143. The minimum absolute atomic E-state index is 0.969. The van der Waals surface area contributed by atoms with Gasteiger partial charge in [-0.3, -0.25) is 0 Å². The molecule has 1 aliphatic rings. The molecule has 1 nitrogen and oxygen atoms in total. The second kappa shape index (κ2) is 6.13. The van der Waals surface area contributed by atoms with Gasteiger partial charge in [-0.05, 0) is 40.8 Å². The van der Waals surface area contributed by atoms with Crippen LogP contribution in [0.5, 0.6) is 0 Å². The highest BCUT2D eigenvalue weighted by Crippen LogP contribution is 2.43. The van der Waals surface area contributed by atoms with E-state index in [2.05, 4.69) is 72.0 Å². The lowest BCUT2D eigenvalue weighted by Gasteiger charge is -2.23. The highest BCUT2D eigenvalue weighted by atomic mass is 32.2. The molecule has 0 radical (unpaired) electrons. The summed E-state index contributed by atoms with van der Waals surface area (Å²) >= 11 is 1.89. The van der Waals surface area contributed by atoms with E-state index < -0.39 is 0 Å². The molecule has 0 fully saturated rings. The van der Waals surface area contributed by atoms with E-state index in [1.54, 1.807) is 0 Å². The topological polar surface area (TPSA) is 12.0 Å². The first-order valence-electron chi connectivity index (χ1n) is 7.97. The molecule has 0 aromatic heterocycles. The Labute approximate surface area is 141 Å². The summed E-state index contributed by atoms with van der Waals surface area (Å²) in [5.74, 6) is 0. The standard InChI is InChI=1S/C21H19NS/c1-22-21-17(13-15-7-3-2-4-8-15)11-12-20-18(21)14-16-9-5-6-10-19(16)23-20/h2-12,22H,13-14H2,1H3. The maximum Gasteiger partial charge on any atom is 0.0420 e. The molecule has 0 bridgehead atoms. The molecule has 0 amide bonds. The normalized spacial score (nSPS) is 12.4. The molecule has 0 saturated carbocycles. The zero-order valence-electron chi connectivity index (χ0n) is 13.2. The Morgan fingerprint density at radius 3 is 2.48 bits per heavy atom. The largest absolute Gasteiger partial charge is 0.388 e. The van der Waals surface area contributed by atoms with Gasteiger partial charge in [0.25, 0.3) is 0 Å². The molecule has 1 N–H and O–H groups in total. The van der Waals surface area contributed by atoms with Crippen molar-refractivity contribution in [3.63, 3.8) is 0 Å². The van der Waals surface area contributed by atoms with Crippen molar-refractivity contribution in [1.29, 1.82) is 0 Å². The molecule has 0 saturated heterocycles. The number of nitrogens with one attached hydrogen (secondary N) is 1. The van der Waals surface area contributed by atoms with Crippen LogP contribution in [0.4, 0.5) is 5.69 Å². The molecule has 0 atom stereocenters. The maximum absolute atomic E-state index is 3.46. The van der Waals surface area contributed by atoms with E-state index in [1.807, 2.05) is 18.8 Å². The number of benzene rings is 3. The number of hydrogen-bond acceptors (Lipinski definition) is 2. The van der Waals surface area contributed by atoms with E-state index in [9.17, 15) is 0 Å². The number of fused-ring (bicyclic) bond motifs is 2. The van der Waals surface area contributed by atoms with Gasteiger partial charge < -0.3 is 5.32 Å². The van der Waals surface area contributed by atoms with Crippen LogP contribution < -0.4 is 5.32 Å². The average molecular weight is 317 g/mol.